The average Bonchev–Trinajstić information content (AvgIpc) is 3.33. The number of hydrogen-bond acceptors (Lipinski definition) is 4. The van der Waals surface area contributed by atoms with Crippen LogP contribution in [0.3, 0.4) is 0 Å². The summed E-state index contributed by atoms with van der Waals surface area (Å²) in [5, 5.41) is 3.08. The van der Waals surface area contributed by atoms with E-state index in [1.54, 1.807) is 24.3 Å². The Hall–Kier alpha value is -4.12. The predicted molar refractivity (Wildman–Crippen MR) is 140 cm³/mol. The zero-order valence-electron chi connectivity index (χ0n) is 21.1. The number of alkyl halides is 3. The van der Waals surface area contributed by atoms with Crippen LogP contribution in [0.5, 0.6) is 5.75 Å². The Labute approximate surface area is 232 Å². The van der Waals surface area contributed by atoms with Crippen LogP contribution < -0.4 is 10.1 Å². The highest BCUT2D eigenvalue weighted by Gasteiger charge is 2.45. The van der Waals surface area contributed by atoms with Crippen LogP contribution in [0.2, 0.25) is 5.02 Å². The summed E-state index contributed by atoms with van der Waals surface area (Å²) in [7, 11) is 1.37. The molecule has 40 heavy (non-hydrogen) atoms. The molecule has 2 atom stereocenters. The average molecular weight is 575 g/mol. The van der Waals surface area contributed by atoms with Gasteiger partial charge in [-0.3, -0.25) is 14.7 Å². The summed E-state index contributed by atoms with van der Waals surface area (Å²) < 4.78 is 61.2. The van der Waals surface area contributed by atoms with Crippen molar-refractivity contribution in [2.75, 3.05) is 26.7 Å². The van der Waals surface area contributed by atoms with Crippen LogP contribution in [-0.2, 0) is 11.0 Å². The standard InChI is InChI=1S/C28H23ClF4N4O3/c1-40-22-10-9-20(30)14-21(22)26-35-24(16-5-7-19(29)8-6-16)25(17-3-2-4-18(13-17)28(31,32)33)37(26)27(39)36-12-11-34-23(38)15-36/h2-10,13-14,24-25H,11-12,15H2,1H3,(H,34,38). The minimum Gasteiger partial charge on any atom is -0.496 e. The first-order valence-electron chi connectivity index (χ1n) is 12.3. The fraction of sp³-hybridized carbons (Fsp3) is 0.250. The van der Waals surface area contributed by atoms with Crippen LogP contribution >= 0.6 is 11.6 Å². The molecule has 0 aliphatic carbocycles. The van der Waals surface area contributed by atoms with Gasteiger partial charge in [-0.2, -0.15) is 13.2 Å². The van der Waals surface area contributed by atoms with Gasteiger partial charge >= 0.3 is 12.2 Å². The largest absolute Gasteiger partial charge is 0.496 e. The number of halogens is 5. The lowest BCUT2D eigenvalue weighted by Gasteiger charge is -2.36. The second-order valence-electron chi connectivity index (χ2n) is 9.29. The Morgan fingerprint density at radius 3 is 2.50 bits per heavy atom. The van der Waals surface area contributed by atoms with Crippen molar-refractivity contribution < 1.29 is 31.9 Å². The van der Waals surface area contributed by atoms with Gasteiger partial charge in [0.05, 0.1) is 24.3 Å². The zero-order valence-corrected chi connectivity index (χ0v) is 21.8. The van der Waals surface area contributed by atoms with Crippen LogP contribution in [0.1, 0.15) is 34.3 Å². The molecule has 208 valence electrons. The molecule has 2 unspecified atom stereocenters. The second-order valence-corrected chi connectivity index (χ2v) is 9.72. The number of ether oxygens (including phenoxy) is 1. The van der Waals surface area contributed by atoms with E-state index < -0.39 is 35.7 Å². The number of amidine groups is 1. The summed E-state index contributed by atoms with van der Waals surface area (Å²) in [6.07, 6.45) is -4.64. The lowest BCUT2D eigenvalue weighted by Crippen LogP contribution is -2.55. The van der Waals surface area contributed by atoms with E-state index in [4.69, 9.17) is 21.3 Å². The first-order chi connectivity index (χ1) is 19.1. The molecule has 1 fully saturated rings. The van der Waals surface area contributed by atoms with Crippen LogP contribution in [-0.4, -0.2) is 54.3 Å². The van der Waals surface area contributed by atoms with Gasteiger partial charge in [-0.25, -0.2) is 9.18 Å². The molecule has 3 amide bonds. The van der Waals surface area contributed by atoms with Crippen molar-refractivity contribution in [1.82, 2.24) is 15.1 Å². The minimum absolute atomic E-state index is 0.00491. The van der Waals surface area contributed by atoms with Gasteiger partial charge in [-0.15, -0.1) is 0 Å². The van der Waals surface area contributed by atoms with Crippen LogP contribution in [0.15, 0.2) is 71.7 Å². The smallest absolute Gasteiger partial charge is 0.416 e. The van der Waals surface area contributed by atoms with Crippen molar-refractivity contribution in [3.8, 4) is 5.75 Å². The summed E-state index contributed by atoms with van der Waals surface area (Å²) in [6, 6.07) is 12.3. The highest BCUT2D eigenvalue weighted by atomic mass is 35.5. The number of methoxy groups -OCH3 is 1. The number of hydrogen-bond donors (Lipinski definition) is 1. The molecule has 2 heterocycles. The first-order valence-corrected chi connectivity index (χ1v) is 12.6. The maximum Gasteiger partial charge on any atom is 0.416 e. The number of carbonyl (C=O) groups excluding carboxylic acids is 2. The van der Waals surface area contributed by atoms with E-state index in [2.05, 4.69) is 5.32 Å². The van der Waals surface area contributed by atoms with Gasteiger partial charge in [-0.05, 0) is 53.6 Å². The van der Waals surface area contributed by atoms with E-state index in [-0.39, 0.29) is 48.3 Å². The Morgan fingerprint density at radius 2 is 1.82 bits per heavy atom. The third-order valence-electron chi connectivity index (χ3n) is 6.75. The van der Waals surface area contributed by atoms with Gasteiger partial charge in [0.15, 0.2) is 0 Å². The molecule has 7 nitrogen and oxygen atoms in total. The van der Waals surface area contributed by atoms with E-state index >= 15 is 0 Å². The van der Waals surface area contributed by atoms with Crippen molar-refractivity contribution >= 4 is 29.4 Å². The molecule has 5 rings (SSSR count). The highest BCUT2D eigenvalue weighted by molar-refractivity contribution is 6.30. The van der Waals surface area contributed by atoms with Gasteiger partial charge in [0.25, 0.3) is 0 Å². The maximum absolute atomic E-state index is 14.5. The highest BCUT2D eigenvalue weighted by Crippen LogP contribution is 2.46. The number of carbonyl (C=O) groups is 2. The third-order valence-corrected chi connectivity index (χ3v) is 7.00. The molecule has 0 saturated carbocycles. The quantitative estimate of drug-likeness (QED) is 0.412. The topological polar surface area (TPSA) is 74.2 Å². The number of benzene rings is 3. The Balaban J connectivity index is 1.73. The molecule has 2 aliphatic heterocycles. The summed E-state index contributed by atoms with van der Waals surface area (Å²) in [5.41, 5.74) is -0.0581. The van der Waals surface area contributed by atoms with Crippen molar-refractivity contribution in [3.63, 3.8) is 0 Å². The molecule has 2 aliphatic rings. The second kappa shape index (κ2) is 10.8. The van der Waals surface area contributed by atoms with Crippen molar-refractivity contribution in [2.45, 2.75) is 18.3 Å². The fourth-order valence-corrected chi connectivity index (χ4v) is 5.03. The molecule has 0 bridgehead atoms. The SMILES string of the molecule is COc1ccc(F)cc1C1=NC(c2ccc(Cl)cc2)C(c2cccc(C(F)(F)F)c2)N1C(=O)N1CCNC(=O)C1. The van der Waals surface area contributed by atoms with Gasteiger partial charge < -0.3 is 15.0 Å². The van der Waals surface area contributed by atoms with Crippen molar-refractivity contribution in [3.05, 3.63) is 99.8 Å². The first kappa shape index (κ1) is 27.4. The number of nitrogens with zero attached hydrogens (tertiary/aromatic N) is 3. The molecule has 3 aromatic carbocycles. The monoisotopic (exact) mass is 574 g/mol. The fourth-order valence-electron chi connectivity index (χ4n) is 4.90. The van der Waals surface area contributed by atoms with Crippen molar-refractivity contribution in [1.29, 1.82) is 0 Å². The minimum atomic E-state index is -4.64. The molecule has 3 aromatic rings. The van der Waals surface area contributed by atoms with E-state index in [0.717, 1.165) is 18.2 Å². The lowest BCUT2D eigenvalue weighted by molar-refractivity contribution is -0.137. The molecule has 0 radical (unpaired) electrons. The van der Waals surface area contributed by atoms with Crippen molar-refractivity contribution in [2.24, 2.45) is 4.99 Å². The summed E-state index contributed by atoms with van der Waals surface area (Å²) >= 11 is 6.09. The van der Waals surface area contributed by atoms with Crippen LogP contribution in [0, 0.1) is 5.82 Å². The molecular formula is C28H23ClF4N4O3. The Kier molecular flexibility index (Phi) is 7.41. The molecule has 1 saturated heterocycles. The number of nitrogens with one attached hydrogen (secondary N) is 1. The van der Waals surface area contributed by atoms with E-state index in [0.29, 0.717) is 10.6 Å². The number of amides is 3. The molecular weight excluding hydrogens is 552 g/mol. The predicted octanol–water partition coefficient (Wildman–Crippen LogP) is 5.60. The summed E-state index contributed by atoms with van der Waals surface area (Å²) in [5.74, 6) is -0.817. The van der Waals surface area contributed by atoms with Gasteiger partial charge in [0, 0.05) is 18.1 Å². The normalized spacial score (nSPS) is 19.4. The number of urea groups is 1. The zero-order chi connectivity index (χ0) is 28.6. The third kappa shape index (κ3) is 5.33. The van der Waals surface area contributed by atoms with E-state index in [1.807, 2.05) is 0 Å². The molecule has 1 N–H and O–H groups in total. The summed E-state index contributed by atoms with van der Waals surface area (Å²) in [6.45, 7) is 0.0996. The molecule has 0 aromatic heterocycles. The summed E-state index contributed by atoms with van der Waals surface area (Å²) in [4.78, 5) is 33.6. The molecule has 12 heteroatoms. The van der Waals surface area contributed by atoms with E-state index in [9.17, 15) is 27.2 Å². The number of aliphatic imine (C=N–C) groups is 1. The number of rotatable bonds is 4. The van der Waals surface area contributed by atoms with Gasteiger partial charge in [0.1, 0.15) is 30.0 Å². The van der Waals surface area contributed by atoms with Crippen LogP contribution in [0.4, 0.5) is 22.4 Å². The maximum atomic E-state index is 14.5. The van der Waals surface area contributed by atoms with E-state index in [1.165, 1.54) is 41.2 Å². The Morgan fingerprint density at radius 1 is 1.07 bits per heavy atom. The lowest BCUT2D eigenvalue weighted by atomic mass is 9.92. The molecule has 0 spiro atoms. The van der Waals surface area contributed by atoms with Gasteiger partial charge in [-0.1, -0.05) is 35.9 Å². The number of piperazine rings is 1. The van der Waals surface area contributed by atoms with Gasteiger partial charge in [0.2, 0.25) is 5.91 Å². The van der Waals surface area contributed by atoms with Crippen LogP contribution in [0.25, 0.3) is 0 Å². The Bertz CT molecular complexity index is 1480.